The van der Waals surface area contributed by atoms with Gasteiger partial charge >= 0.3 is 6.03 Å². The maximum absolute atomic E-state index is 10.7. The molecule has 0 aromatic carbocycles. The Morgan fingerprint density at radius 3 is 2.50 bits per heavy atom. The number of nitrogens with one attached hydrogen (secondary N) is 1. The summed E-state index contributed by atoms with van der Waals surface area (Å²) in [5.41, 5.74) is 5.14. The second kappa shape index (κ2) is 4.05. The van der Waals surface area contributed by atoms with Crippen molar-refractivity contribution in [3.63, 3.8) is 0 Å². The number of carbonyl (C=O) groups is 1. The van der Waals surface area contributed by atoms with Gasteiger partial charge in [-0.2, -0.15) is 0 Å². The summed E-state index contributed by atoms with van der Waals surface area (Å²) < 4.78 is 0. The first-order valence-electron chi connectivity index (χ1n) is 2.77. The maximum atomic E-state index is 10.7. The monoisotopic (exact) mass is 161 g/mol. The average Bonchev–Trinajstić information content (AvgIpc) is 1.82. The van der Waals surface area contributed by atoms with Gasteiger partial charge in [0.1, 0.15) is 0 Å². The molecule has 0 saturated carbocycles. The number of carbonyl (C=O) groups excluding carboxylic acids is 1. The highest BCUT2D eigenvalue weighted by molar-refractivity contribution is 7.80. The fourth-order valence-electron chi connectivity index (χ4n) is 0.321. The molecule has 0 aromatic rings. The summed E-state index contributed by atoms with van der Waals surface area (Å²) in [6.45, 7) is 0.256. The standard InChI is InChI=1S/C5H11N3OS/c1-8(2)5(9)7-3-4(6)10/h3H2,1-2H3,(H2,6,10)(H,7,9). The molecule has 0 aliphatic heterocycles. The van der Waals surface area contributed by atoms with Crippen molar-refractivity contribution in [3.05, 3.63) is 0 Å². The Morgan fingerprint density at radius 1 is 1.70 bits per heavy atom. The van der Waals surface area contributed by atoms with Crippen LogP contribution in [-0.2, 0) is 0 Å². The quantitative estimate of drug-likeness (QED) is 0.539. The van der Waals surface area contributed by atoms with Crippen LogP contribution in [0.1, 0.15) is 0 Å². The van der Waals surface area contributed by atoms with Crippen molar-refractivity contribution in [3.8, 4) is 0 Å². The van der Waals surface area contributed by atoms with E-state index in [1.165, 1.54) is 4.90 Å². The molecule has 10 heavy (non-hydrogen) atoms. The van der Waals surface area contributed by atoms with Crippen LogP contribution in [0.15, 0.2) is 0 Å². The second-order valence-electron chi connectivity index (χ2n) is 2.02. The van der Waals surface area contributed by atoms with Crippen LogP contribution >= 0.6 is 12.2 Å². The lowest BCUT2D eigenvalue weighted by molar-refractivity contribution is 0.219. The molecule has 0 aromatic heterocycles. The SMILES string of the molecule is CN(C)C(=O)NCC(N)=S. The van der Waals surface area contributed by atoms with Gasteiger partial charge in [0, 0.05) is 14.1 Å². The van der Waals surface area contributed by atoms with E-state index in [-0.39, 0.29) is 17.6 Å². The Bertz CT molecular complexity index is 146. The summed E-state index contributed by atoms with van der Waals surface area (Å²) in [7, 11) is 3.30. The molecular weight excluding hydrogens is 150 g/mol. The first kappa shape index (κ1) is 9.16. The third-order valence-electron chi connectivity index (χ3n) is 0.820. The van der Waals surface area contributed by atoms with E-state index in [0.29, 0.717) is 0 Å². The minimum atomic E-state index is -0.187. The molecule has 0 radical (unpaired) electrons. The van der Waals surface area contributed by atoms with Gasteiger partial charge in [-0.1, -0.05) is 12.2 Å². The number of nitrogens with two attached hydrogens (primary N) is 1. The summed E-state index contributed by atoms with van der Waals surface area (Å²) in [4.78, 5) is 12.4. The lowest BCUT2D eigenvalue weighted by atomic mass is 10.6. The van der Waals surface area contributed by atoms with E-state index < -0.39 is 0 Å². The van der Waals surface area contributed by atoms with Crippen LogP contribution in [0.25, 0.3) is 0 Å². The van der Waals surface area contributed by atoms with Crippen molar-refractivity contribution in [2.75, 3.05) is 20.6 Å². The fourth-order valence-corrected chi connectivity index (χ4v) is 0.393. The van der Waals surface area contributed by atoms with Gasteiger partial charge in [0.05, 0.1) is 11.5 Å². The number of thiocarbonyl (C=S) groups is 1. The maximum Gasteiger partial charge on any atom is 0.317 e. The van der Waals surface area contributed by atoms with Gasteiger partial charge in [0.15, 0.2) is 0 Å². The van der Waals surface area contributed by atoms with Crippen molar-refractivity contribution >= 4 is 23.2 Å². The average molecular weight is 161 g/mol. The lowest BCUT2D eigenvalue weighted by Crippen LogP contribution is -2.38. The molecule has 0 saturated heterocycles. The Labute approximate surface area is 65.4 Å². The summed E-state index contributed by atoms with van der Waals surface area (Å²) in [5, 5.41) is 2.50. The Kier molecular flexibility index (Phi) is 3.71. The van der Waals surface area contributed by atoms with Crippen LogP contribution in [-0.4, -0.2) is 36.6 Å². The molecule has 0 unspecified atom stereocenters. The molecule has 0 heterocycles. The van der Waals surface area contributed by atoms with Gasteiger partial charge in [-0.15, -0.1) is 0 Å². The molecular formula is C5H11N3OS. The van der Waals surface area contributed by atoms with Gasteiger partial charge in [0.2, 0.25) is 0 Å². The highest BCUT2D eigenvalue weighted by Crippen LogP contribution is 1.74. The first-order valence-corrected chi connectivity index (χ1v) is 3.18. The smallest absolute Gasteiger partial charge is 0.317 e. The van der Waals surface area contributed by atoms with E-state index in [9.17, 15) is 4.79 Å². The zero-order valence-corrected chi connectivity index (χ0v) is 6.86. The first-order chi connectivity index (χ1) is 4.54. The molecule has 0 bridgehead atoms. The van der Waals surface area contributed by atoms with Crippen molar-refractivity contribution in [1.82, 2.24) is 10.2 Å². The Hall–Kier alpha value is -0.840. The van der Waals surface area contributed by atoms with Crippen molar-refractivity contribution in [1.29, 1.82) is 0 Å². The van der Waals surface area contributed by atoms with Crippen molar-refractivity contribution in [2.24, 2.45) is 5.73 Å². The molecule has 0 atom stereocenters. The normalized spacial score (nSPS) is 8.60. The third kappa shape index (κ3) is 4.08. The van der Waals surface area contributed by atoms with E-state index in [0.717, 1.165) is 0 Å². The predicted molar refractivity (Wildman–Crippen MR) is 43.9 cm³/mol. The summed E-state index contributed by atoms with van der Waals surface area (Å²) in [6.07, 6.45) is 0. The number of hydrogen-bond donors (Lipinski definition) is 2. The molecule has 0 aliphatic carbocycles. The zero-order valence-electron chi connectivity index (χ0n) is 6.05. The molecule has 0 fully saturated rings. The van der Waals surface area contributed by atoms with Gasteiger partial charge in [-0.25, -0.2) is 4.79 Å². The van der Waals surface area contributed by atoms with Gasteiger partial charge < -0.3 is 16.0 Å². The van der Waals surface area contributed by atoms with E-state index in [1.807, 2.05) is 0 Å². The minimum absolute atomic E-state index is 0.187. The van der Waals surface area contributed by atoms with Gasteiger partial charge in [-0.3, -0.25) is 0 Å². The van der Waals surface area contributed by atoms with Crippen LogP contribution in [0, 0.1) is 0 Å². The van der Waals surface area contributed by atoms with Crippen LogP contribution < -0.4 is 11.1 Å². The molecule has 5 heteroatoms. The minimum Gasteiger partial charge on any atom is -0.392 e. The molecule has 3 N–H and O–H groups in total. The largest absolute Gasteiger partial charge is 0.392 e. The Morgan fingerprint density at radius 2 is 2.20 bits per heavy atom. The molecule has 58 valence electrons. The highest BCUT2D eigenvalue weighted by atomic mass is 32.1. The third-order valence-corrected chi connectivity index (χ3v) is 0.964. The molecule has 2 amide bonds. The number of rotatable bonds is 2. The molecule has 0 spiro atoms. The molecule has 4 nitrogen and oxygen atoms in total. The summed E-state index contributed by atoms with van der Waals surface area (Å²) in [5.74, 6) is 0. The van der Waals surface area contributed by atoms with Crippen molar-refractivity contribution < 1.29 is 4.79 Å². The van der Waals surface area contributed by atoms with E-state index in [2.05, 4.69) is 17.5 Å². The topological polar surface area (TPSA) is 58.4 Å². The van der Waals surface area contributed by atoms with Gasteiger partial charge in [-0.05, 0) is 0 Å². The zero-order chi connectivity index (χ0) is 8.15. The number of amides is 2. The number of hydrogen-bond acceptors (Lipinski definition) is 2. The van der Waals surface area contributed by atoms with Crippen LogP contribution in [0.2, 0.25) is 0 Å². The molecule has 0 rings (SSSR count). The van der Waals surface area contributed by atoms with E-state index in [4.69, 9.17) is 5.73 Å². The van der Waals surface area contributed by atoms with Gasteiger partial charge in [0.25, 0.3) is 0 Å². The van der Waals surface area contributed by atoms with E-state index in [1.54, 1.807) is 14.1 Å². The second-order valence-corrected chi connectivity index (χ2v) is 2.54. The lowest BCUT2D eigenvalue weighted by Gasteiger charge is -2.10. The Balaban J connectivity index is 3.50. The van der Waals surface area contributed by atoms with Crippen molar-refractivity contribution in [2.45, 2.75) is 0 Å². The molecule has 0 aliphatic rings. The van der Waals surface area contributed by atoms with E-state index >= 15 is 0 Å². The number of nitrogens with zero attached hydrogens (tertiary/aromatic N) is 1. The highest BCUT2D eigenvalue weighted by Gasteiger charge is 2.00. The van der Waals surface area contributed by atoms with Crippen LogP contribution in [0.3, 0.4) is 0 Å². The summed E-state index contributed by atoms with van der Waals surface area (Å²) >= 11 is 4.55. The van der Waals surface area contributed by atoms with Crippen LogP contribution in [0.5, 0.6) is 0 Å². The van der Waals surface area contributed by atoms with Crippen LogP contribution in [0.4, 0.5) is 4.79 Å². The fraction of sp³-hybridized carbons (Fsp3) is 0.600. The summed E-state index contributed by atoms with van der Waals surface area (Å²) in [6, 6.07) is -0.187. The number of urea groups is 1. The predicted octanol–water partition coefficient (Wildman–Crippen LogP) is -0.456.